The highest BCUT2D eigenvalue weighted by atomic mass is 32.2. The van der Waals surface area contributed by atoms with Crippen LogP contribution in [0.3, 0.4) is 0 Å². The molecular formula is C17H20N4O2S. The Kier molecular flexibility index (Phi) is 5.53. The van der Waals surface area contributed by atoms with Gasteiger partial charge in [-0.3, -0.25) is 9.59 Å². The van der Waals surface area contributed by atoms with Gasteiger partial charge in [-0.05, 0) is 11.6 Å². The number of thioether (sulfide) groups is 1. The first-order valence-electron chi connectivity index (χ1n) is 7.94. The van der Waals surface area contributed by atoms with Gasteiger partial charge in [-0.15, -0.1) is 0 Å². The molecule has 1 aliphatic rings. The van der Waals surface area contributed by atoms with E-state index in [9.17, 15) is 9.59 Å². The van der Waals surface area contributed by atoms with Gasteiger partial charge in [0.05, 0.1) is 0 Å². The monoisotopic (exact) mass is 344 g/mol. The first kappa shape index (κ1) is 16.6. The van der Waals surface area contributed by atoms with E-state index in [0.29, 0.717) is 6.54 Å². The molecule has 0 spiro atoms. The second-order valence-electron chi connectivity index (χ2n) is 5.55. The number of hydrogen-bond donors (Lipinski definition) is 1. The topological polar surface area (TPSA) is 67.2 Å². The molecule has 1 fully saturated rings. The van der Waals surface area contributed by atoms with Gasteiger partial charge in [0, 0.05) is 37.2 Å². The molecule has 1 aliphatic heterocycles. The van der Waals surface area contributed by atoms with E-state index >= 15 is 0 Å². The van der Waals surface area contributed by atoms with Gasteiger partial charge in [0.2, 0.25) is 5.91 Å². The Bertz CT molecular complexity index is 742. The Morgan fingerprint density at radius 2 is 1.88 bits per heavy atom. The lowest BCUT2D eigenvalue weighted by atomic mass is 10.2. The van der Waals surface area contributed by atoms with Gasteiger partial charge in [-0.1, -0.05) is 30.3 Å². The molecule has 126 valence electrons. The van der Waals surface area contributed by atoms with Crippen LogP contribution in [0.15, 0.2) is 47.3 Å². The van der Waals surface area contributed by atoms with Crippen molar-refractivity contribution in [2.24, 2.45) is 0 Å². The SMILES string of the molecule is O=C(Cn1nc(N2CCSCC2)ccc1=O)NCc1ccccc1. The highest BCUT2D eigenvalue weighted by Gasteiger charge is 2.14. The van der Waals surface area contributed by atoms with Gasteiger partial charge in [0.15, 0.2) is 0 Å². The Morgan fingerprint density at radius 1 is 1.12 bits per heavy atom. The molecule has 1 amide bonds. The number of hydrogen-bond acceptors (Lipinski definition) is 5. The van der Waals surface area contributed by atoms with Gasteiger partial charge in [0.1, 0.15) is 12.4 Å². The van der Waals surface area contributed by atoms with Crippen molar-refractivity contribution in [3.8, 4) is 0 Å². The van der Waals surface area contributed by atoms with Crippen LogP contribution in [0.1, 0.15) is 5.56 Å². The number of carbonyl (C=O) groups excluding carboxylic acids is 1. The van der Waals surface area contributed by atoms with E-state index < -0.39 is 0 Å². The molecule has 2 aromatic rings. The zero-order valence-electron chi connectivity index (χ0n) is 13.4. The maximum Gasteiger partial charge on any atom is 0.267 e. The molecule has 7 heteroatoms. The summed E-state index contributed by atoms with van der Waals surface area (Å²) in [5.74, 6) is 2.64. The van der Waals surface area contributed by atoms with Crippen molar-refractivity contribution in [3.63, 3.8) is 0 Å². The van der Waals surface area contributed by atoms with E-state index in [1.165, 1.54) is 10.7 Å². The number of carbonyl (C=O) groups is 1. The van der Waals surface area contributed by atoms with Crippen LogP contribution in [0.4, 0.5) is 5.82 Å². The number of anilines is 1. The average molecular weight is 344 g/mol. The van der Waals surface area contributed by atoms with Crippen molar-refractivity contribution in [1.82, 2.24) is 15.1 Å². The maximum absolute atomic E-state index is 12.1. The van der Waals surface area contributed by atoms with Crippen LogP contribution in [0.25, 0.3) is 0 Å². The zero-order chi connectivity index (χ0) is 16.8. The molecule has 0 aliphatic carbocycles. The van der Waals surface area contributed by atoms with E-state index in [1.807, 2.05) is 42.1 Å². The number of amides is 1. The van der Waals surface area contributed by atoms with Crippen LogP contribution in [0.5, 0.6) is 0 Å². The summed E-state index contributed by atoms with van der Waals surface area (Å²) in [6, 6.07) is 12.9. The second kappa shape index (κ2) is 8.01. The Hall–Kier alpha value is -2.28. The molecule has 1 saturated heterocycles. The number of aromatic nitrogens is 2. The minimum atomic E-state index is -0.264. The van der Waals surface area contributed by atoms with E-state index in [1.54, 1.807) is 6.07 Å². The number of nitrogens with one attached hydrogen (secondary N) is 1. The summed E-state index contributed by atoms with van der Waals surface area (Å²) in [4.78, 5) is 26.2. The Balaban J connectivity index is 1.63. The molecular weight excluding hydrogens is 324 g/mol. The average Bonchev–Trinajstić information content (AvgIpc) is 2.63. The third kappa shape index (κ3) is 4.38. The third-order valence-electron chi connectivity index (χ3n) is 3.81. The molecule has 0 atom stereocenters. The molecule has 3 rings (SSSR count). The molecule has 0 saturated carbocycles. The molecule has 0 unspecified atom stereocenters. The number of rotatable bonds is 5. The van der Waals surface area contributed by atoms with Gasteiger partial charge < -0.3 is 10.2 Å². The standard InChI is InChI=1S/C17H20N4O2S/c22-16(18-12-14-4-2-1-3-5-14)13-21-17(23)7-6-15(19-21)20-8-10-24-11-9-20/h1-7H,8-13H2,(H,18,22). The Morgan fingerprint density at radius 3 is 2.62 bits per heavy atom. The lowest BCUT2D eigenvalue weighted by molar-refractivity contribution is -0.122. The molecule has 0 bridgehead atoms. The van der Waals surface area contributed by atoms with Crippen LogP contribution < -0.4 is 15.8 Å². The third-order valence-corrected chi connectivity index (χ3v) is 4.76. The van der Waals surface area contributed by atoms with Crippen molar-refractivity contribution in [3.05, 3.63) is 58.4 Å². The van der Waals surface area contributed by atoms with Crippen molar-refractivity contribution in [2.45, 2.75) is 13.1 Å². The van der Waals surface area contributed by atoms with Crippen LogP contribution in [-0.4, -0.2) is 40.3 Å². The predicted molar refractivity (Wildman–Crippen MR) is 96.3 cm³/mol. The van der Waals surface area contributed by atoms with Crippen LogP contribution in [0.2, 0.25) is 0 Å². The highest BCUT2D eigenvalue weighted by molar-refractivity contribution is 7.99. The van der Waals surface area contributed by atoms with Crippen LogP contribution >= 0.6 is 11.8 Å². The fourth-order valence-corrected chi connectivity index (χ4v) is 3.40. The van der Waals surface area contributed by atoms with Crippen molar-refractivity contribution in [2.75, 3.05) is 29.5 Å². The molecule has 24 heavy (non-hydrogen) atoms. The number of nitrogens with zero attached hydrogens (tertiary/aromatic N) is 3. The van der Waals surface area contributed by atoms with E-state index in [4.69, 9.17) is 0 Å². The van der Waals surface area contributed by atoms with Crippen LogP contribution in [-0.2, 0) is 17.9 Å². The summed E-state index contributed by atoms with van der Waals surface area (Å²) in [6.45, 7) is 2.20. The van der Waals surface area contributed by atoms with Gasteiger partial charge in [0.25, 0.3) is 5.56 Å². The fraction of sp³-hybridized carbons (Fsp3) is 0.353. The fourth-order valence-electron chi connectivity index (χ4n) is 2.50. The predicted octanol–water partition coefficient (Wildman–Crippen LogP) is 1.11. The molecule has 6 nitrogen and oxygen atoms in total. The molecule has 1 aromatic carbocycles. The highest BCUT2D eigenvalue weighted by Crippen LogP contribution is 2.15. The molecule has 2 heterocycles. The van der Waals surface area contributed by atoms with Crippen molar-refractivity contribution < 1.29 is 4.79 Å². The molecule has 0 radical (unpaired) electrons. The normalized spacial score (nSPS) is 14.4. The van der Waals surface area contributed by atoms with Gasteiger partial charge in [-0.25, -0.2) is 4.68 Å². The minimum Gasteiger partial charge on any atom is -0.354 e. The first-order valence-corrected chi connectivity index (χ1v) is 9.09. The summed E-state index contributed by atoms with van der Waals surface area (Å²) < 4.78 is 1.23. The summed E-state index contributed by atoms with van der Waals surface area (Å²) in [5, 5.41) is 7.17. The van der Waals surface area contributed by atoms with Crippen LogP contribution in [0, 0.1) is 0 Å². The zero-order valence-corrected chi connectivity index (χ0v) is 14.2. The summed E-state index contributed by atoms with van der Waals surface area (Å²) in [6.07, 6.45) is 0. The van der Waals surface area contributed by atoms with E-state index in [0.717, 1.165) is 36.0 Å². The first-order chi connectivity index (χ1) is 11.7. The summed E-state index contributed by atoms with van der Waals surface area (Å²) in [7, 11) is 0. The summed E-state index contributed by atoms with van der Waals surface area (Å²) >= 11 is 1.91. The quantitative estimate of drug-likeness (QED) is 0.880. The summed E-state index contributed by atoms with van der Waals surface area (Å²) in [5.41, 5.74) is 0.755. The van der Waals surface area contributed by atoms with E-state index in [2.05, 4.69) is 15.3 Å². The largest absolute Gasteiger partial charge is 0.354 e. The van der Waals surface area contributed by atoms with Crippen molar-refractivity contribution in [1.29, 1.82) is 0 Å². The number of benzene rings is 1. The Labute approximate surface area is 144 Å². The van der Waals surface area contributed by atoms with Crippen molar-refractivity contribution >= 4 is 23.5 Å². The van der Waals surface area contributed by atoms with E-state index in [-0.39, 0.29) is 18.0 Å². The molecule has 1 aromatic heterocycles. The smallest absolute Gasteiger partial charge is 0.267 e. The lowest BCUT2D eigenvalue weighted by Crippen LogP contribution is -2.37. The second-order valence-corrected chi connectivity index (χ2v) is 6.77. The minimum absolute atomic E-state index is 0.0674. The molecule has 1 N–H and O–H groups in total. The maximum atomic E-state index is 12.1. The lowest BCUT2D eigenvalue weighted by Gasteiger charge is -2.27. The van der Waals surface area contributed by atoms with Gasteiger partial charge in [-0.2, -0.15) is 16.9 Å². The van der Waals surface area contributed by atoms with Gasteiger partial charge >= 0.3 is 0 Å².